The molecule has 0 rings (SSSR count). The van der Waals surface area contributed by atoms with Gasteiger partial charge in [-0.2, -0.15) is 0 Å². The van der Waals surface area contributed by atoms with Crippen molar-refractivity contribution in [2.75, 3.05) is 27.7 Å². The van der Waals surface area contributed by atoms with Crippen LogP contribution in [0.3, 0.4) is 0 Å². The molecule has 0 aromatic rings. The fraction of sp³-hybridized carbons (Fsp3) is 0.926. The molecule has 0 saturated carbocycles. The Morgan fingerprint density at radius 2 is 1.12 bits per heavy atom. The lowest BCUT2D eigenvalue weighted by molar-refractivity contribution is -0.883. The van der Waals surface area contributed by atoms with Crippen LogP contribution in [0, 0.1) is 0 Å². The van der Waals surface area contributed by atoms with E-state index < -0.39 is 7.60 Å². The second-order valence-electron chi connectivity index (χ2n) is 10.4. The molecule has 32 heavy (non-hydrogen) atoms. The molecule has 2 unspecified atom stereocenters. The Morgan fingerprint density at radius 3 is 1.53 bits per heavy atom. The van der Waals surface area contributed by atoms with Crippen LogP contribution in [0.25, 0.3) is 0 Å². The lowest BCUT2D eigenvalue weighted by Gasteiger charge is -2.35. The van der Waals surface area contributed by atoms with Crippen LogP contribution in [0.5, 0.6) is 0 Å². The predicted octanol–water partition coefficient (Wildman–Crippen LogP) is 8.84. The monoisotopic (exact) mass is 474 g/mol. The van der Waals surface area contributed by atoms with Gasteiger partial charge in [0.05, 0.1) is 27.7 Å². The first kappa shape index (κ1) is 31.9. The Bertz CT molecular complexity index is 488. The van der Waals surface area contributed by atoms with Crippen LogP contribution in [0.15, 0.2) is 12.2 Å². The molecular formula is C27H57NO3P+. The highest BCUT2D eigenvalue weighted by atomic mass is 31.2. The summed E-state index contributed by atoms with van der Waals surface area (Å²) >= 11 is 0. The average molecular weight is 475 g/mol. The van der Waals surface area contributed by atoms with Gasteiger partial charge in [-0.3, -0.25) is 4.57 Å². The Kier molecular flexibility index (Phi) is 20.1. The summed E-state index contributed by atoms with van der Waals surface area (Å²) < 4.78 is 18.4. The van der Waals surface area contributed by atoms with Gasteiger partial charge in [0.1, 0.15) is 0 Å². The van der Waals surface area contributed by atoms with Crippen LogP contribution < -0.4 is 0 Å². The lowest BCUT2D eigenvalue weighted by atomic mass is 10.1. The molecule has 0 amide bonds. The minimum atomic E-state index is -3.55. The molecule has 0 bridgehead atoms. The largest absolute Gasteiger partial charge is 0.385 e. The molecule has 0 saturated heterocycles. The normalized spacial score (nSPS) is 15.3. The molecule has 0 aliphatic heterocycles. The zero-order valence-corrected chi connectivity index (χ0v) is 23.2. The predicted molar refractivity (Wildman–Crippen MR) is 141 cm³/mol. The van der Waals surface area contributed by atoms with Crippen molar-refractivity contribution in [1.29, 1.82) is 0 Å². The first-order valence-electron chi connectivity index (χ1n) is 13.7. The van der Waals surface area contributed by atoms with E-state index in [9.17, 15) is 9.46 Å². The summed E-state index contributed by atoms with van der Waals surface area (Å²) in [5.74, 6) is -0.349. The van der Waals surface area contributed by atoms with E-state index in [-0.39, 0.29) is 5.78 Å². The first-order chi connectivity index (χ1) is 15.3. The van der Waals surface area contributed by atoms with Crippen molar-refractivity contribution < 1.29 is 18.5 Å². The molecule has 0 aliphatic carbocycles. The van der Waals surface area contributed by atoms with E-state index in [1.165, 1.54) is 96.3 Å². The summed E-state index contributed by atoms with van der Waals surface area (Å²) in [5, 5.41) is 0. The molecule has 0 aliphatic rings. The van der Waals surface area contributed by atoms with E-state index in [4.69, 9.17) is 4.52 Å². The molecule has 0 aromatic heterocycles. The van der Waals surface area contributed by atoms with Crippen molar-refractivity contribution in [3.8, 4) is 0 Å². The quantitative estimate of drug-likeness (QED) is 0.0696. The number of rotatable bonds is 23. The molecule has 0 aromatic carbocycles. The molecule has 4 nitrogen and oxygen atoms in total. The average Bonchev–Trinajstić information content (AvgIpc) is 2.71. The third-order valence-electron chi connectivity index (χ3n) is 6.32. The van der Waals surface area contributed by atoms with E-state index in [2.05, 4.69) is 19.1 Å². The van der Waals surface area contributed by atoms with Crippen LogP contribution in [0.2, 0.25) is 0 Å². The number of hydrogen-bond acceptors (Lipinski definition) is 2. The van der Waals surface area contributed by atoms with Crippen molar-refractivity contribution in [1.82, 2.24) is 0 Å². The molecule has 0 heterocycles. The zero-order valence-electron chi connectivity index (χ0n) is 22.3. The summed E-state index contributed by atoms with van der Waals surface area (Å²) in [6.07, 6.45) is 27.4. The summed E-state index contributed by atoms with van der Waals surface area (Å²) in [6, 6.07) is 0. The third kappa shape index (κ3) is 18.3. The van der Waals surface area contributed by atoms with Crippen molar-refractivity contribution in [2.45, 2.75) is 135 Å². The van der Waals surface area contributed by atoms with E-state index in [1.807, 2.05) is 28.1 Å². The van der Waals surface area contributed by atoms with Gasteiger partial charge in [-0.25, -0.2) is 0 Å². The maximum atomic E-state index is 12.5. The Hall–Kier alpha value is -0.150. The zero-order chi connectivity index (χ0) is 24.1. The Balaban J connectivity index is 3.44. The second-order valence-corrected chi connectivity index (χ2v) is 12.4. The number of hydrogen-bond donors (Lipinski definition) is 1. The third-order valence-corrected chi connectivity index (χ3v) is 8.68. The molecule has 0 fully saturated rings. The number of quaternary nitrogens is 1. The van der Waals surface area contributed by atoms with Crippen LogP contribution in [-0.4, -0.2) is 42.9 Å². The number of allylic oxidation sites excluding steroid dienone is 2. The summed E-state index contributed by atoms with van der Waals surface area (Å²) in [7, 11) is 2.31. The van der Waals surface area contributed by atoms with Crippen LogP contribution in [-0.2, 0) is 9.09 Å². The summed E-state index contributed by atoms with van der Waals surface area (Å²) in [6.45, 7) is 4.63. The van der Waals surface area contributed by atoms with Gasteiger partial charge in [-0.1, -0.05) is 103 Å². The van der Waals surface area contributed by atoms with Crippen molar-refractivity contribution in [3.63, 3.8) is 0 Å². The van der Waals surface area contributed by atoms with Crippen LogP contribution in [0.1, 0.15) is 129 Å². The van der Waals surface area contributed by atoms with E-state index in [1.54, 1.807) is 0 Å². The van der Waals surface area contributed by atoms with Gasteiger partial charge in [0.2, 0.25) is 0 Å². The van der Waals surface area contributed by atoms with Crippen molar-refractivity contribution in [2.24, 2.45) is 0 Å². The molecule has 0 radical (unpaired) electrons. The maximum absolute atomic E-state index is 12.5. The maximum Gasteiger partial charge on any atom is 0.385 e. The fourth-order valence-corrected chi connectivity index (χ4v) is 6.28. The topological polar surface area (TPSA) is 46.5 Å². The van der Waals surface area contributed by atoms with Gasteiger partial charge in [-0.15, -0.1) is 0 Å². The van der Waals surface area contributed by atoms with Gasteiger partial charge < -0.3 is 13.9 Å². The van der Waals surface area contributed by atoms with Gasteiger partial charge in [-0.05, 0) is 32.1 Å². The van der Waals surface area contributed by atoms with Crippen LogP contribution in [0.4, 0.5) is 0 Å². The highest BCUT2D eigenvalue weighted by Crippen LogP contribution is 2.51. The molecule has 192 valence electrons. The SMILES string of the molecule is CCCCCCCCC=CCCCCCCCCCCCOP(=O)(O)C(CC)[N+](C)(C)C. The van der Waals surface area contributed by atoms with Crippen molar-refractivity contribution >= 4 is 7.60 Å². The highest BCUT2D eigenvalue weighted by Gasteiger charge is 2.41. The molecule has 0 spiro atoms. The smallest absolute Gasteiger partial charge is 0.320 e. The van der Waals surface area contributed by atoms with Gasteiger partial charge in [0.25, 0.3) is 0 Å². The van der Waals surface area contributed by atoms with Gasteiger partial charge in [0.15, 0.2) is 5.78 Å². The second kappa shape index (κ2) is 20.2. The fourth-order valence-electron chi connectivity index (χ4n) is 4.38. The van der Waals surface area contributed by atoms with Gasteiger partial charge >= 0.3 is 7.60 Å². The van der Waals surface area contributed by atoms with E-state index in [0.29, 0.717) is 17.5 Å². The minimum Gasteiger partial charge on any atom is -0.320 e. The van der Waals surface area contributed by atoms with Crippen molar-refractivity contribution in [3.05, 3.63) is 12.2 Å². The van der Waals surface area contributed by atoms with E-state index in [0.717, 1.165) is 12.8 Å². The van der Waals surface area contributed by atoms with Crippen LogP contribution >= 0.6 is 7.60 Å². The van der Waals surface area contributed by atoms with Gasteiger partial charge in [0, 0.05) is 6.42 Å². The number of nitrogens with zero attached hydrogens (tertiary/aromatic N) is 1. The first-order valence-corrected chi connectivity index (χ1v) is 15.3. The highest BCUT2D eigenvalue weighted by molar-refractivity contribution is 7.53. The molecule has 5 heteroatoms. The van der Waals surface area contributed by atoms with E-state index >= 15 is 0 Å². The Labute approximate surface area is 201 Å². The molecule has 1 N–H and O–H groups in total. The molecule has 2 atom stereocenters. The number of unbranched alkanes of at least 4 members (excludes halogenated alkanes) is 15. The summed E-state index contributed by atoms with van der Waals surface area (Å²) in [4.78, 5) is 10.3. The molecular weight excluding hydrogens is 417 g/mol. The lowest BCUT2D eigenvalue weighted by Crippen LogP contribution is -2.44. The Morgan fingerprint density at radius 1 is 0.719 bits per heavy atom. The minimum absolute atomic E-state index is 0.349. The standard InChI is InChI=1S/C27H56NO3P/c1-6-8-9-10-11-12-13-14-15-16-17-18-19-20-21-22-23-24-25-26-31-32(29,30)27(7-2)28(3,4)5/h14-15,27H,6-13,16-26H2,1-5H3/p+1. The summed E-state index contributed by atoms with van der Waals surface area (Å²) in [5.41, 5.74) is 0.